The molecule has 0 fully saturated rings. The van der Waals surface area contributed by atoms with Crippen LogP contribution in [0.3, 0.4) is 0 Å². The molecule has 31 heavy (non-hydrogen) atoms. The Morgan fingerprint density at radius 3 is 2.90 bits per heavy atom. The second-order valence-corrected chi connectivity index (χ2v) is 7.66. The number of imidazole rings is 1. The first-order valence-electron chi connectivity index (χ1n) is 9.86. The van der Waals surface area contributed by atoms with E-state index in [-0.39, 0.29) is 25.0 Å². The Kier molecular flexibility index (Phi) is 5.18. The van der Waals surface area contributed by atoms with Gasteiger partial charge >= 0.3 is 0 Å². The number of hydrogen-bond donors (Lipinski definition) is 1. The highest BCUT2D eigenvalue weighted by molar-refractivity contribution is 6.30. The van der Waals surface area contributed by atoms with Gasteiger partial charge in [0.2, 0.25) is 12.7 Å². The highest BCUT2D eigenvalue weighted by Crippen LogP contribution is 2.38. The number of nitrogens with zero attached hydrogens (tertiary/aromatic N) is 3. The van der Waals surface area contributed by atoms with Gasteiger partial charge in [-0.25, -0.2) is 4.98 Å². The fraction of sp³-hybridized carbons (Fsp3) is 0.174. The lowest BCUT2D eigenvalue weighted by atomic mass is 9.92. The van der Waals surface area contributed by atoms with Crippen molar-refractivity contribution >= 4 is 23.2 Å². The monoisotopic (exact) mass is 434 g/mol. The average Bonchev–Trinajstić information content (AvgIpc) is 3.43. The largest absolute Gasteiger partial charge is 0.454 e. The van der Waals surface area contributed by atoms with Crippen LogP contribution in [0.15, 0.2) is 67.1 Å². The molecule has 1 N–H and O–H groups in total. The summed E-state index contributed by atoms with van der Waals surface area (Å²) in [6.45, 7) is 0.561. The summed E-state index contributed by atoms with van der Waals surface area (Å²) in [6, 6.07) is 15.0. The molecular formula is C23H19ClN4O3. The number of aromatic nitrogens is 3. The predicted molar refractivity (Wildman–Crippen MR) is 115 cm³/mol. The topological polar surface area (TPSA) is 77.8 Å². The third-order valence-corrected chi connectivity index (χ3v) is 5.46. The Bertz CT molecular complexity index is 1240. The minimum atomic E-state index is -0.258. The van der Waals surface area contributed by atoms with Gasteiger partial charge in [-0.1, -0.05) is 23.7 Å². The van der Waals surface area contributed by atoms with Crippen LogP contribution in [0, 0.1) is 0 Å². The molecule has 0 radical (unpaired) electrons. The summed E-state index contributed by atoms with van der Waals surface area (Å²) in [6.07, 6.45) is 5.53. The second-order valence-electron chi connectivity index (χ2n) is 7.23. The minimum Gasteiger partial charge on any atom is -0.454 e. The highest BCUT2D eigenvalue weighted by atomic mass is 35.5. The fourth-order valence-electron chi connectivity index (χ4n) is 3.70. The predicted octanol–water partition coefficient (Wildman–Crippen LogP) is 3.95. The van der Waals surface area contributed by atoms with Gasteiger partial charge in [0.25, 0.3) is 0 Å². The molecule has 1 aliphatic heterocycles. The van der Waals surface area contributed by atoms with Gasteiger partial charge in [0.15, 0.2) is 11.5 Å². The van der Waals surface area contributed by atoms with Crippen molar-refractivity contribution in [2.75, 3.05) is 6.79 Å². The third kappa shape index (κ3) is 4.04. The SMILES string of the molecule is O=C(CC(c1ccc2c(c1)OCO2)c1cnc2ccc(Cl)cn12)NCc1ccccn1. The number of nitrogens with one attached hydrogen (secondary N) is 1. The number of ether oxygens (including phenoxy) is 2. The summed E-state index contributed by atoms with van der Waals surface area (Å²) in [4.78, 5) is 21.6. The minimum absolute atomic E-state index is 0.0923. The zero-order valence-electron chi connectivity index (χ0n) is 16.5. The van der Waals surface area contributed by atoms with E-state index in [1.54, 1.807) is 18.5 Å². The van der Waals surface area contributed by atoms with E-state index in [0.29, 0.717) is 23.1 Å². The number of halogens is 1. The van der Waals surface area contributed by atoms with Crippen molar-refractivity contribution in [3.63, 3.8) is 0 Å². The first kappa shape index (κ1) is 19.4. The van der Waals surface area contributed by atoms with Gasteiger partial charge < -0.3 is 19.2 Å². The smallest absolute Gasteiger partial charge is 0.231 e. The van der Waals surface area contributed by atoms with E-state index in [1.165, 1.54) is 0 Å². The van der Waals surface area contributed by atoms with Crippen LogP contribution in [-0.2, 0) is 11.3 Å². The zero-order chi connectivity index (χ0) is 21.2. The maximum absolute atomic E-state index is 12.9. The van der Waals surface area contributed by atoms with Crippen molar-refractivity contribution in [2.24, 2.45) is 0 Å². The van der Waals surface area contributed by atoms with Crippen LogP contribution in [0.2, 0.25) is 5.02 Å². The van der Waals surface area contributed by atoms with Crippen LogP contribution in [0.1, 0.15) is 29.3 Å². The molecule has 1 aromatic carbocycles. The van der Waals surface area contributed by atoms with Crippen LogP contribution in [0.5, 0.6) is 11.5 Å². The molecule has 4 aromatic rings. The molecular weight excluding hydrogens is 416 g/mol. The molecule has 8 heteroatoms. The van der Waals surface area contributed by atoms with Crippen molar-refractivity contribution in [2.45, 2.75) is 18.9 Å². The molecule has 3 aromatic heterocycles. The van der Waals surface area contributed by atoms with Crippen molar-refractivity contribution < 1.29 is 14.3 Å². The second kappa shape index (κ2) is 8.28. The number of amides is 1. The molecule has 1 atom stereocenters. The van der Waals surface area contributed by atoms with E-state index >= 15 is 0 Å². The summed E-state index contributed by atoms with van der Waals surface area (Å²) in [7, 11) is 0. The normalized spacial score (nSPS) is 13.3. The number of fused-ring (bicyclic) bond motifs is 2. The lowest BCUT2D eigenvalue weighted by molar-refractivity contribution is -0.121. The zero-order valence-corrected chi connectivity index (χ0v) is 17.2. The van der Waals surface area contributed by atoms with Crippen LogP contribution < -0.4 is 14.8 Å². The molecule has 0 aliphatic carbocycles. The van der Waals surface area contributed by atoms with E-state index in [2.05, 4.69) is 15.3 Å². The summed E-state index contributed by atoms with van der Waals surface area (Å²) < 4.78 is 12.9. The van der Waals surface area contributed by atoms with Crippen molar-refractivity contribution in [3.05, 3.63) is 89.1 Å². The third-order valence-electron chi connectivity index (χ3n) is 5.24. The standard InChI is InChI=1S/C23H19ClN4O3/c24-16-5-7-22-26-12-19(28(22)13-16)18(15-4-6-20-21(9-15)31-14-30-20)10-23(29)27-11-17-3-1-2-8-25-17/h1-9,12-13,18H,10-11,14H2,(H,27,29). The molecule has 0 saturated carbocycles. The number of rotatable bonds is 6. The Labute approximate surface area is 183 Å². The average molecular weight is 435 g/mol. The van der Waals surface area contributed by atoms with Gasteiger partial charge in [-0.05, 0) is 42.0 Å². The number of carbonyl (C=O) groups excluding carboxylic acids is 1. The van der Waals surface area contributed by atoms with Gasteiger partial charge in [0, 0.05) is 30.9 Å². The Morgan fingerprint density at radius 2 is 2.03 bits per heavy atom. The molecule has 0 saturated heterocycles. The van der Waals surface area contributed by atoms with Crippen LogP contribution in [-0.4, -0.2) is 27.1 Å². The van der Waals surface area contributed by atoms with Crippen LogP contribution in [0.4, 0.5) is 0 Å². The number of hydrogen-bond acceptors (Lipinski definition) is 5. The maximum Gasteiger partial charge on any atom is 0.231 e. The number of pyridine rings is 2. The van der Waals surface area contributed by atoms with Gasteiger partial charge in [-0.15, -0.1) is 0 Å². The molecule has 0 spiro atoms. The van der Waals surface area contributed by atoms with E-state index in [1.807, 2.05) is 53.1 Å². The number of benzene rings is 1. The Balaban J connectivity index is 1.46. The summed E-state index contributed by atoms with van der Waals surface area (Å²) in [5.74, 6) is 1.02. The number of carbonyl (C=O) groups is 1. The molecule has 1 amide bonds. The summed E-state index contributed by atoms with van der Waals surface area (Å²) in [5, 5.41) is 3.55. The molecule has 7 nitrogen and oxygen atoms in total. The van der Waals surface area contributed by atoms with Crippen molar-refractivity contribution in [1.29, 1.82) is 0 Å². The highest BCUT2D eigenvalue weighted by Gasteiger charge is 2.24. The van der Waals surface area contributed by atoms with Gasteiger partial charge in [-0.3, -0.25) is 9.78 Å². The van der Waals surface area contributed by atoms with E-state index in [4.69, 9.17) is 21.1 Å². The summed E-state index contributed by atoms with van der Waals surface area (Å²) in [5.41, 5.74) is 3.36. The molecule has 0 bridgehead atoms. The van der Waals surface area contributed by atoms with Gasteiger partial charge in [0.1, 0.15) is 5.65 Å². The molecule has 1 unspecified atom stereocenters. The van der Waals surface area contributed by atoms with E-state index in [0.717, 1.165) is 22.6 Å². The lowest BCUT2D eigenvalue weighted by Gasteiger charge is -2.18. The first-order valence-corrected chi connectivity index (χ1v) is 10.2. The van der Waals surface area contributed by atoms with Crippen LogP contribution >= 0.6 is 11.6 Å². The molecule has 1 aliphatic rings. The molecule has 5 rings (SSSR count). The molecule has 4 heterocycles. The van der Waals surface area contributed by atoms with Gasteiger partial charge in [-0.2, -0.15) is 0 Å². The van der Waals surface area contributed by atoms with Crippen LogP contribution in [0.25, 0.3) is 5.65 Å². The summed E-state index contributed by atoms with van der Waals surface area (Å²) >= 11 is 6.23. The van der Waals surface area contributed by atoms with E-state index in [9.17, 15) is 4.79 Å². The lowest BCUT2D eigenvalue weighted by Crippen LogP contribution is -2.25. The Hall–Kier alpha value is -3.58. The van der Waals surface area contributed by atoms with Gasteiger partial charge in [0.05, 0.1) is 23.0 Å². The fourth-order valence-corrected chi connectivity index (χ4v) is 3.86. The van der Waals surface area contributed by atoms with Crippen molar-refractivity contribution in [1.82, 2.24) is 19.7 Å². The first-order chi connectivity index (χ1) is 15.2. The Morgan fingerprint density at radius 1 is 1.13 bits per heavy atom. The molecule has 156 valence electrons. The van der Waals surface area contributed by atoms with Crippen molar-refractivity contribution in [3.8, 4) is 11.5 Å². The maximum atomic E-state index is 12.9. The van der Waals surface area contributed by atoms with E-state index < -0.39 is 0 Å². The quantitative estimate of drug-likeness (QED) is 0.497.